The number of nitrogens with zero attached hydrogens (tertiary/aromatic N) is 2. The van der Waals surface area contributed by atoms with E-state index >= 15 is 0 Å². The van der Waals surface area contributed by atoms with Gasteiger partial charge in [0.25, 0.3) is 5.91 Å². The Morgan fingerprint density at radius 1 is 1.44 bits per heavy atom. The van der Waals surface area contributed by atoms with E-state index < -0.39 is 0 Å². The number of aromatic nitrogens is 1. The second-order valence-corrected chi connectivity index (χ2v) is 4.04. The Balaban J connectivity index is 1.89. The van der Waals surface area contributed by atoms with Gasteiger partial charge in [0.1, 0.15) is 11.5 Å². The van der Waals surface area contributed by atoms with E-state index in [1.807, 2.05) is 12.1 Å². The lowest BCUT2D eigenvalue weighted by molar-refractivity contribution is -0.115. The smallest absolute Gasteiger partial charge is 0.275 e. The summed E-state index contributed by atoms with van der Waals surface area (Å²) < 4.78 is 0. The molecule has 16 heavy (non-hydrogen) atoms. The van der Waals surface area contributed by atoms with Crippen molar-refractivity contribution in [2.45, 2.75) is 12.8 Å². The summed E-state index contributed by atoms with van der Waals surface area (Å²) in [5.74, 6) is 1.20. The lowest BCUT2D eigenvalue weighted by Gasteiger charge is -1.93. The zero-order valence-corrected chi connectivity index (χ0v) is 8.68. The highest BCUT2D eigenvalue weighted by Gasteiger charge is 2.33. The molecule has 1 aromatic heterocycles. The molecule has 1 saturated carbocycles. The summed E-state index contributed by atoms with van der Waals surface area (Å²) >= 11 is 0. The molecule has 0 unspecified atom stereocenters. The van der Waals surface area contributed by atoms with Gasteiger partial charge in [0.15, 0.2) is 0 Å². The van der Waals surface area contributed by atoms with E-state index in [0.29, 0.717) is 11.6 Å². The number of pyridine rings is 1. The molecule has 1 fully saturated rings. The van der Waals surface area contributed by atoms with E-state index in [-0.39, 0.29) is 5.91 Å². The van der Waals surface area contributed by atoms with Crippen LogP contribution in [0.4, 0.5) is 0 Å². The summed E-state index contributed by atoms with van der Waals surface area (Å²) in [4.78, 5) is 19.9. The van der Waals surface area contributed by atoms with Crippen LogP contribution in [0.15, 0.2) is 35.2 Å². The standard InChI is InChI=1S/C12H11N3O/c16-12-10(6-8-2-1-5-13-7-8)14-11(15-12)9-3-4-9/h1-2,5-7,9H,3-4H2,(H,14,15,16)/b10-6+. The van der Waals surface area contributed by atoms with Crippen LogP contribution in [-0.2, 0) is 4.79 Å². The monoisotopic (exact) mass is 213 g/mol. The van der Waals surface area contributed by atoms with Crippen molar-refractivity contribution in [3.63, 3.8) is 0 Å². The van der Waals surface area contributed by atoms with Gasteiger partial charge in [0, 0.05) is 18.3 Å². The maximum absolute atomic E-state index is 11.6. The number of aliphatic imine (C=N–C) groups is 1. The van der Waals surface area contributed by atoms with E-state index in [1.54, 1.807) is 18.5 Å². The molecule has 4 nitrogen and oxygen atoms in total. The fourth-order valence-corrected chi connectivity index (χ4v) is 1.66. The number of amidine groups is 1. The largest absolute Gasteiger partial charge is 0.308 e. The first-order valence-corrected chi connectivity index (χ1v) is 5.34. The lowest BCUT2D eigenvalue weighted by Crippen LogP contribution is -2.25. The van der Waals surface area contributed by atoms with Gasteiger partial charge in [-0.05, 0) is 30.5 Å². The van der Waals surface area contributed by atoms with Gasteiger partial charge in [0.2, 0.25) is 0 Å². The van der Waals surface area contributed by atoms with Gasteiger partial charge < -0.3 is 5.32 Å². The van der Waals surface area contributed by atoms with Gasteiger partial charge in [-0.1, -0.05) is 6.07 Å². The van der Waals surface area contributed by atoms with Gasteiger partial charge in [-0.3, -0.25) is 9.78 Å². The molecule has 3 rings (SSSR count). The van der Waals surface area contributed by atoms with Crippen LogP contribution in [0, 0.1) is 5.92 Å². The van der Waals surface area contributed by atoms with Crippen LogP contribution in [0.2, 0.25) is 0 Å². The first kappa shape index (κ1) is 9.27. The molecular weight excluding hydrogens is 202 g/mol. The highest BCUT2D eigenvalue weighted by atomic mass is 16.2. The quantitative estimate of drug-likeness (QED) is 0.754. The molecule has 0 saturated heterocycles. The molecule has 1 aliphatic heterocycles. The molecule has 80 valence electrons. The number of carbonyl (C=O) groups excluding carboxylic acids is 1. The minimum atomic E-state index is -0.106. The zero-order valence-electron chi connectivity index (χ0n) is 8.68. The third-order valence-corrected chi connectivity index (χ3v) is 2.67. The summed E-state index contributed by atoms with van der Waals surface area (Å²) in [6, 6.07) is 3.74. The first-order valence-electron chi connectivity index (χ1n) is 5.34. The molecule has 1 amide bonds. The minimum Gasteiger partial charge on any atom is -0.308 e. The molecular formula is C12H11N3O. The highest BCUT2D eigenvalue weighted by Crippen LogP contribution is 2.32. The molecule has 1 N–H and O–H groups in total. The highest BCUT2D eigenvalue weighted by molar-refractivity contribution is 6.15. The second kappa shape index (κ2) is 3.56. The summed E-state index contributed by atoms with van der Waals surface area (Å²) in [6.07, 6.45) is 7.46. The third-order valence-electron chi connectivity index (χ3n) is 2.67. The first-order chi connectivity index (χ1) is 7.83. The third kappa shape index (κ3) is 1.74. The van der Waals surface area contributed by atoms with Crippen molar-refractivity contribution in [2.24, 2.45) is 10.9 Å². The Labute approximate surface area is 93.1 Å². The van der Waals surface area contributed by atoms with Crippen LogP contribution in [0.25, 0.3) is 6.08 Å². The summed E-state index contributed by atoms with van der Waals surface area (Å²) in [5, 5.41) is 2.81. The molecule has 0 bridgehead atoms. The minimum absolute atomic E-state index is 0.106. The SMILES string of the molecule is O=C1NC(C2CC2)=N/C1=C/c1cccnc1. The van der Waals surface area contributed by atoms with E-state index in [9.17, 15) is 4.79 Å². The van der Waals surface area contributed by atoms with E-state index in [0.717, 1.165) is 24.2 Å². The molecule has 1 aromatic rings. The molecule has 4 heteroatoms. The van der Waals surface area contributed by atoms with E-state index in [1.165, 1.54) is 0 Å². The van der Waals surface area contributed by atoms with Crippen molar-refractivity contribution in [2.75, 3.05) is 0 Å². The Kier molecular flexibility index (Phi) is 2.06. The molecule has 0 spiro atoms. The van der Waals surface area contributed by atoms with Crippen LogP contribution in [0.5, 0.6) is 0 Å². The summed E-state index contributed by atoms with van der Waals surface area (Å²) in [5.41, 5.74) is 1.38. The Hall–Kier alpha value is -1.97. The Morgan fingerprint density at radius 2 is 2.31 bits per heavy atom. The predicted octanol–water partition coefficient (Wildman–Crippen LogP) is 1.36. The maximum atomic E-state index is 11.6. The fraction of sp³-hybridized carbons (Fsp3) is 0.250. The second-order valence-electron chi connectivity index (χ2n) is 4.04. The Morgan fingerprint density at radius 3 is 3.00 bits per heavy atom. The number of hydrogen-bond acceptors (Lipinski definition) is 3. The summed E-state index contributed by atoms with van der Waals surface area (Å²) in [7, 11) is 0. The maximum Gasteiger partial charge on any atom is 0.275 e. The molecule has 2 heterocycles. The van der Waals surface area contributed by atoms with Crippen molar-refractivity contribution in [3.05, 3.63) is 35.8 Å². The van der Waals surface area contributed by atoms with E-state index in [2.05, 4.69) is 15.3 Å². The van der Waals surface area contributed by atoms with Gasteiger partial charge in [0.05, 0.1) is 0 Å². The van der Waals surface area contributed by atoms with Crippen LogP contribution in [0.3, 0.4) is 0 Å². The normalized spacial score (nSPS) is 22.1. The fourth-order valence-electron chi connectivity index (χ4n) is 1.66. The number of amides is 1. The van der Waals surface area contributed by atoms with E-state index in [4.69, 9.17) is 0 Å². The molecule has 0 atom stereocenters. The van der Waals surface area contributed by atoms with Crippen LogP contribution >= 0.6 is 0 Å². The van der Waals surface area contributed by atoms with Crippen LogP contribution in [0.1, 0.15) is 18.4 Å². The molecule has 2 aliphatic rings. The zero-order chi connectivity index (χ0) is 11.0. The average Bonchev–Trinajstić information content (AvgIpc) is 3.07. The number of carbonyl (C=O) groups is 1. The molecule has 1 aliphatic carbocycles. The van der Waals surface area contributed by atoms with Gasteiger partial charge in [-0.25, -0.2) is 4.99 Å². The topological polar surface area (TPSA) is 54.4 Å². The predicted molar refractivity (Wildman–Crippen MR) is 60.5 cm³/mol. The van der Waals surface area contributed by atoms with Crippen molar-refractivity contribution in [3.8, 4) is 0 Å². The number of hydrogen-bond donors (Lipinski definition) is 1. The molecule has 0 radical (unpaired) electrons. The molecule has 0 aromatic carbocycles. The number of nitrogens with one attached hydrogen (secondary N) is 1. The van der Waals surface area contributed by atoms with Crippen LogP contribution < -0.4 is 5.32 Å². The van der Waals surface area contributed by atoms with Gasteiger partial charge in [-0.15, -0.1) is 0 Å². The lowest BCUT2D eigenvalue weighted by atomic mass is 10.2. The number of rotatable bonds is 2. The van der Waals surface area contributed by atoms with Crippen LogP contribution in [-0.4, -0.2) is 16.7 Å². The van der Waals surface area contributed by atoms with Crippen molar-refractivity contribution < 1.29 is 4.79 Å². The summed E-state index contributed by atoms with van der Waals surface area (Å²) in [6.45, 7) is 0. The van der Waals surface area contributed by atoms with Gasteiger partial charge >= 0.3 is 0 Å². The average molecular weight is 213 g/mol. The Bertz CT molecular complexity index is 486. The van der Waals surface area contributed by atoms with Crippen molar-refractivity contribution in [1.29, 1.82) is 0 Å². The van der Waals surface area contributed by atoms with Crippen molar-refractivity contribution >= 4 is 17.8 Å². The van der Waals surface area contributed by atoms with Gasteiger partial charge in [-0.2, -0.15) is 0 Å². The van der Waals surface area contributed by atoms with Crippen molar-refractivity contribution in [1.82, 2.24) is 10.3 Å².